The fourth-order valence-electron chi connectivity index (χ4n) is 2.89. The number of rotatable bonds is 5. The Morgan fingerprint density at radius 2 is 1.96 bits per heavy atom. The number of amides is 1. The number of nitrogens with zero attached hydrogens (tertiary/aromatic N) is 1. The highest BCUT2D eigenvalue weighted by atomic mass is 32.1. The summed E-state index contributed by atoms with van der Waals surface area (Å²) in [6, 6.07) is 10.1. The molecule has 3 nitrogen and oxygen atoms in total. The molecule has 0 saturated carbocycles. The van der Waals surface area contributed by atoms with Gasteiger partial charge >= 0.3 is 0 Å². The average Bonchev–Trinajstić information content (AvgIpc) is 3.10. The van der Waals surface area contributed by atoms with Gasteiger partial charge in [-0.2, -0.15) is 0 Å². The largest absolute Gasteiger partial charge is 0.381 e. The maximum absolute atomic E-state index is 13.1. The molecule has 3 rings (SSSR count). The summed E-state index contributed by atoms with van der Waals surface area (Å²) in [6.07, 6.45) is 2.57. The lowest BCUT2D eigenvalue weighted by atomic mass is 10.0. The summed E-state index contributed by atoms with van der Waals surface area (Å²) in [5.74, 6) is -0.341. The Kier molecular flexibility index (Phi) is 5.41. The SMILES string of the molecule is O=C(c1ccc(F)cc1)N(CCc1cccs1)C1CCOCC1. The van der Waals surface area contributed by atoms with Crippen molar-refractivity contribution in [1.29, 1.82) is 0 Å². The Morgan fingerprint density at radius 3 is 2.61 bits per heavy atom. The number of ether oxygens (including phenoxy) is 1. The van der Waals surface area contributed by atoms with Crippen LogP contribution in [0.2, 0.25) is 0 Å². The molecular weight excluding hydrogens is 313 g/mol. The standard InChI is InChI=1S/C18H20FNO2S/c19-15-5-3-14(4-6-15)18(21)20(16-8-11-22-12-9-16)10-7-17-2-1-13-23-17/h1-6,13,16H,7-12H2. The van der Waals surface area contributed by atoms with E-state index < -0.39 is 0 Å². The Labute approximate surface area is 139 Å². The summed E-state index contributed by atoms with van der Waals surface area (Å²) in [5.41, 5.74) is 0.545. The van der Waals surface area contributed by atoms with Gasteiger partial charge in [-0.05, 0) is 55.0 Å². The van der Waals surface area contributed by atoms with Crippen LogP contribution in [-0.2, 0) is 11.2 Å². The second-order valence-electron chi connectivity index (χ2n) is 5.68. The molecule has 5 heteroatoms. The van der Waals surface area contributed by atoms with Crippen molar-refractivity contribution in [2.75, 3.05) is 19.8 Å². The highest BCUT2D eigenvalue weighted by Gasteiger charge is 2.26. The third kappa shape index (κ3) is 4.18. The molecule has 1 fully saturated rings. The van der Waals surface area contributed by atoms with Crippen LogP contribution in [0.3, 0.4) is 0 Å². The Balaban J connectivity index is 1.75. The molecule has 2 aromatic rings. The van der Waals surface area contributed by atoms with E-state index in [0.29, 0.717) is 25.3 Å². The first-order chi connectivity index (χ1) is 11.2. The quantitative estimate of drug-likeness (QED) is 0.834. The fourth-order valence-corrected chi connectivity index (χ4v) is 3.59. The van der Waals surface area contributed by atoms with E-state index in [9.17, 15) is 9.18 Å². The normalized spacial score (nSPS) is 15.5. The summed E-state index contributed by atoms with van der Waals surface area (Å²) in [4.78, 5) is 16.1. The van der Waals surface area contributed by atoms with Crippen LogP contribution in [0, 0.1) is 5.82 Å². The minimum absolute atomic E-state index is 0.0199. The molecule has 1 aliphatic rings. The third-order valence-electron chi connectivity index (χ3n) is 4.16. The number of benzene rings is 1. The number of hydrogen-bond acceptors (Lipinski definition) is 3. The maximum Gasteiger partial charge on any atom is 0.254 e. The van der Waals surface area contributed by atoms with Gasteiger partial charge in [0, 0.05) is 36.2 Å². The van der Waals surface area contributed by atoms with Gasteiger partial charge in [-0.3, -0.25) is 4.79 Å². The molecule has 1 amide bonds. The van der Waals surface area contributed by atoms with Crippen LogP contribution in [0.1, 0.15) is 28.1 Å². The Hall–Kier alpha value is -1.72. The van der Waals surface area contributed by atoms with Crippen molar-refractivity contribution in [3.05, 3.63) is 58.0 Å². The molecule has 1 saturated heterocycles. The molecule has 1 aromatic carbocycles. The van der Waals surface area contributed by atoms with Crippen molar-refractivity contribution >= 4 is 17.2 Å². The number of carbonyl (C=O) groups excluding carboxylic acids is 1. The van der Waals surface area contributed by atoms with Gasteiger partial charge in [0.1, 0.15) is 5.82 Å². The zero-order valence-corrected chi connectivity index (χ0v) is 13.7. The van der Waals surface area contributed by atoms with Gasteiger partial charge in [0.05, 0.1) is 0 Å². The molecule has 0 bridgehead atoms. The number of hydrogen-bond donors (Lipinski definition) is 0. The predicted octanol–water partition coefficient (Wildman–Crippen LogP) is 3.75. The molecular formula is C18H20FNO2S. The van der Waals surface area contributed by atoms with Crippen molar-refractivity contribution in [2.45, 2.75) is 25.3 Å². The fraction of sp³-hybridized carbons (Fsp3) is 0.389. The summed E-state index contributed by atoms with van der Waals surface area (Å²) < 4.78 is 18.5. The van der Waals surface area contributed by atoms with Crippen molar-refractivity contribution in [1.82, 2.24) is 4.90 Å². The van der Waals surface area contributed by atoms with E-state index in [4.69, 9.17) is 4.74 Å². The van der Waals surface area contributed by atoms with Gasteiger partial charge in [0.25, 0.3) is 5.91 Å². The van der Waals surface area contributed by atoms with Gasteiger partial charge < -0.3 is 9.64 Å². The van der Waals surface area contributed by atoms with E-state index in [-0.39, 0.29) is 17.8 Å². The highest BCUT2D eigenvalue weighted by molar-refractivity contribution is 7.09. The van der Waals surface area contributed by atoms with Crippen LogP contribution in [0.5, 0.6) is 0 Å². The lowest BCUT2D eigenvalue weighted by Crippen LogP contribution is -2.44. The summed E-state index contributed by atoms with van der Waals surface area (Å²) >= 11 is 1.71. The minimum Gasteiger partial charge on any atom is -0.381 e. The highest BCUT2D eigenvalue weighted by Crippen LogP contribution is 2.19. The summed E-state index contributed by atoms with van der Waals surface area (Å²) in [6.45, 7) is 2.06. The van der Waals surface area contributed by atoms with Gasteiger partial charge in [-0.1, -0.05) is 6.07 Å². The molecule has 122 valence electrons. The van der Waals surface area contributed by atoms with Crippen LogP contribution < -0.4 is 0 Å². The van der Waals surface area contributed by atoms with Gasteiger partial charge in [0.15, 0.2) is 0 Å². The zero-order chi connectivity index (χ0) is 16.1. The smallest absolute Gasteiger partial charge is 0.254 e. The molecule has 0 aliphatic carbocycles. The Morgan fingerprint density at radius 1 is 1.22 bits per heavy atom. The molecule has 0 unspecified atom stereocenters. The third-order valence-corrected chi connectivity index (χ3v) is 5.10. The van der Waals surface area contributed by atoms with E-state index in [1.165, 1.54) is 17.0 Å². The number of carbonyl (C=O) groups is 1. The molecule has 1 aliphatic heterocycles. The van der Waals surface area contributed by atoms with Gasteiger partial charge in [-0.25, -0.2) is 4.39 Å². The van der Waals surface area contributed by atoms with E-state index >= 15 is 0 Å². The summed E-state index contributed by atoms with van der Waals surface area (Å²) in [7, 11) is 0. The minimum atomic E-state index is -0.322. The van der Waals surface area contributed by atoms with Crippen molar-refractivity contribution in [2.24, 2.45) is 0 Å². The molecule has 2 heterocycles. The van der Waals surface area contributed by atoms with Gasteiger partial charge in [0.2, 0.25) is 0 Å². The van der Waals surface area contributed by atoms with E-state index in [1.54, 1.807) is 23.5 Å². The molecule has 0 spiro atoms. The second kappa shape index (κ2) is 7.70. The molecule has 1 aromatic heterocycles. The van der Waals surface area contributed by atoms with E-state index in [0.717, 1.165) is 19.3 Å². The lowest BCUT2D eigenvalue weighted by molar-refractivity contribution is 0.0294. The van der Waals surface area contributed by atoms with Crippen LogP contribution in [0.15, 0.2) is 41.8 Å². The van der Waals surface area contributed by atoms with Crippen LogP contribution in [0.4, 0.5) is 4.39 Å². The lowest BCUT2D eigenvalue weighted by Gasteiger charge is -2.34. The average molecular weight is 333 g/mol. The monoisotopic (exact) mass is 333 g/mol. The molecule has 0 radical (unpaired) electrons. The van der Waals surface area contributed by atoms with Crippen LogP contribution in [-0.4, -0.2) is 36.6 Å². The maximum atomic E-state index is 13.1. The summed E-state index contributed by atoms with van der Waals surface area (Å²) in [5, 5.41) is 2.05. The number of halogens is 1. The van der Waals surface area contributed by atoms with Crippen molar-refractivity contribution in [3.8, 4) is 0 Å². The van der Waals surface area contributed by atoms with Gasteiger partial charge in [-0.15, -0.1) is 11.3 Å². The van der Waals surface area contributed by atoms with E-state index in [2.05, 4.69) is 11.4 Å². The van der Waals surface area contributed by atoms with E-state index in [1.807, 2.05) is 11.0 Å². The van der Waals surface area contributed by atoms with Crippen LogP contribution in [0.25, 0.3) is 0 Å². The predicted molar refractivity (Wildman–Crippen MR) is 89.3 cm³/mol. The first-order valence-electron chi connectivity index (χ1n) is 7.91. The Bertz CT molecular complexity index is 621. The first kappa shape index (κ1) is 16.1. The topological polar surface area (TPSA) is 29.5 Å². The van der Waals surface area contributed by atoms with Crippen molar-refractivity contribution < 1.29 is 13.9 Å². The molecule has 23 heavy (non-hydrogen) atoms. The molecule has 0 N–H and O–H groups in total. The number of thiophene rings is 1. The molecule has 0 atom stereocenters. The van der Waals surface area contributed by atoms with Crippen molar-refractivity contribution in [3.63, 3.8) is 0 Å². The van der Waals surface area contributed by atoms with Crippen LogP contribution >= 0.6 is 11.3 Å². The first-order valence-corrected chi connectivity index (χ1v) is 8.78. The second-order valence-corrected chi connectivity index (χ2v) is 6.71. The zero-order valence-electron chi connectivity index (χ0n) is 12.9.